The molecule has 2 aliphatic rings. The van der Waals surface area contributed by atoms with Gasteiger partial charge in [0.15, 0.2) is 0 Å². The molecule has 8 heteroatoms. The van der Waals surface area contributed by atoms with Crippen LogP contribution >= 0.6 is 0 Å². The number of alkyl halides is 6. The second-order valence-corrected chi connectivity index (χ2v) is 6.92. The van der Waals surface area contributed by atoms with Crippen molar-refractivity contribution < 1.29 is 36.6 Å². The Morgan fingerprint density at radius 1 is 0.565 bits per heavy atom. The Labute approximate surface area is 130 Å². The van der Waals surface area contributed by atoms with Gasteiger partial charge in [-0.05, 0) is 25.7 Å². The van der Waals surface area contributed by atoms with E-state index in [1.807, 2.05) is 0 Å². The minimum Gasteiger partial charge on any atom is -0.386 e. The van der Waals surface area contributed by atoms with E-state index in [0.717, 1.165) is 0 Å². The fraction of sp³-hybridized carbons (Fsp3) is 1.00. The number of halogens is 6. The molecule has 2 saturated carbocycles. The van der Waals surface area contributed by atoms with Gasteiger partial charge in [-0.2, -0.15) is 22.0 Å². The third-order valence-electron chi connectivity index (χ3n) is 5.43. The second-order valence-electron chi connectivity index (χ2n) is 6.92. The SMILES string of the molecule is OC1(C(F)(C2(O)CCCCC2)C(F)(F)C(F)(F)F)CCCCC1. The summed E-state index contributed by atoms with van der Waals surface area (Å²) in [7, 11) is 0. The van der Waals surface area contributed by atoms with Crippen molar-refractivity contribution in [1.82, 2.24) is 0 Å². The Morgan fingerprint density at radius 2 is 0.870 bits per heavy atom. The van der Waals surface area contributed by atoms with Crippen molar-refractivity contribution in [3.8, 4) is 0 Å². The highest BCUT2D eigenvalue weighted by molar-refractivity contribution is 5.21. The maximum Gasteiger partial charge on any atom is 0.457 e. The van der Waals surface area contributed by atoms with E-state index in [2.05, 4.69) is 0 Å². The molecule has 2 nitrogen and oxygen atoms in total. The summed E-state index contributed by atoms with van der Waals surface area (Å²) >= 11 is 0. The summed E-state index contributed by atoms with van der Waals surface area (Å²) < 4.78 is 83.0. The van der Waals surface area contributed by atoms with Crippen molar-refractivity contribution in [1.29, 1.82) is 0 Å². The summed E-state index contributed by atoms with van der Waals surface area (Å²) in [5.41, 5.74) is -10.2. The smallest absolute Gasteiger partial charge is 0.386 e. The van der Waals surface area contributed by atoms with Crippen LogP contribution in [0.4, 0.5) is 26.3 Å². The van der Waals surface area contributed by atoms with Crippen LogP contribution in [0.25, 0.3) is 0 Å². The highest BCUT2D eigenvalue weighted by Crippen LogP contribution is 2.60. The molecule has 0 amide bonds. The molecule has 136 valence electrons. The van der Waals surface area contributed by atoms with E-state index in [0.29, 0.717) is 12.8 Å². The standard InChI is InChI=1S/C15H22F6O2/c16-13(14(17,18)15(19,20)21,11(22)7-3-1-4-8-11)12(23)9-5-2-6-10-12/h22-23H,1-10H2. The van der Waals surface area contributed by atoms with Crippen molar-refractivity contribution >= 4 is 0 Å². The zero-order valence-corrected chi connectivity index (χ0v) is 12.7. The first-order chi connectivity index (χ1) is 10.4. The molecular weight excluding hydrogens is 326 g/mol. The Morgan fingerprint density at radius 3 is 1.13 bits per heavy atom. The lowest BCUT2D eigenvalue weighted by Gasteiger charge is -2.55. The zero-order chi connectivity index (χ0) is 17.6. The predicted molar refractivity (Wildman–Crippen MR) is 70.9 cm³/mol. The topological polar surface area (TPSA) is 40.5 Å². The van der Waals surface area contributed by atoms with Crippen molar-refractivity contribution in [3.05, 3.63) is 0 Å². The first-order valence-electron chi connectivity index (χ1n) is 8.00. The van der Waals surface area contributed by atoms with Crippen LogP contribution in [0.1, 0.15) is 64.2 Å². The van der Waals surface area contributed by atoms with E-state index < -0.39 is 54.7 Å². The Balaban J connectivity index is 2.59. The molecule has 2 rings (SSSR count). The van der Waals surface area contributed by atoms with Crippen LogP contribution in [0, 0.1) is 0 Å². The van der Waals surface area contributed by atoms with Crippen LogP contribution in [0.15, 0.2) is 0 Å². The van der Waals surface area contributed by atoms with Crippen LogP contribution in [0.3, 0.4) is 0 Å². The largest absolute Gasteiger partial charge is 0.457 e. The van der Waals surface area contributed by atoms with Crippen molar-refractivity contribution in [2.75, 3.05) is 0 Å². The van der Waals surface area contributed by atoms with Gasteiger partial charge in [-0.15, -0.1) is 0 Å². The van der Waals surface area contributed by atoms with E-state index in [1.54, 1.807) is 0 Å². The van der Waals surface area contributed by atoms with Gasteiger partial charge in [0.1, 0.15) is 11.2 Å². The lowest BCUT2D eigenvalue weighted by atomic mass is 9.59. The Bertz CT molecular complexity index is 398. The zero-order valence-electron chi connectivity index (χ0n) is 12.7. The lowest BCUT2D eigenvalue weighted by molar-refractivity contribution is -0.391. The third kappa shape index (κ3) is 2.65. The summed E-state index contributed by atoms with van der Waals surface area (Å²) in [5, 5.41) is 21.0. The van der Waals surface area contributed by atoms with E-state index in [-0.39, 0.29) is 25.7 Å². The first kappa shape index (κ1) is 18.8. The minimum absolute atomic E-state index is 0.145. The molecule has 0 aliphatic heterocycles. The fourth-order valence-electron chi connectivity index (χ4n) is 4.18. The monoisotopic (exact) mass is 348 g/mol. The number of aliphatic hydroxyl groups is 2. The first-order valence-corrected chi connectivity index (χ1v) is 8.00. The predicted octanol–water partition coefficient (Wildman–Crippen LogP) is 4.28. The van der Waals surface area contributed by atoms with Gasteiger partial charge in [-0.25, -0.2) is 4.39 Å². The number of hydrogen-bond donors (Lipinski definition) is 2. The maximum atomic E-state index is 15.6. The van der Waals surface area contributed by atoms with Crippen molar-refractivity contribution in [2.24, 2.45) is 0 Å². The van der Waals surface area contributed by atoms with E-state index in [1.165, 1.54) is 0 Å². The third-order valence-corrected chi connectivity index (χ3v) is 5.43. The van der Waals surface area contributed by atoms with Gasteiger partial charge in [-0.1, -0.05) is 38.5 Å². The lowest BCUT2D eigenvalue weighted by Crippen LogP contribution is -2.76. The van der Waals surface area contributed by atoms with Gasteiger partial charge in [0.25, 0.3) is 0 Å². The average Bonchev–Trinajstić information content (AvgIpc) is 2.46. The second kappa shape index (κ2) is 5.79. The Kier molecular flexibility index (Phi) is 4.74. The van der Waals surface area contributed by atoms with E-state index in [9.17, 15) is 32.2 Å². The molecule has 0 aromatic heterocycles. The van der Waals surface area contributed by atoms with Crippen LogP contribution in [-0.4, -0.2) is 39.2 Å². The van der Waals surface area contributed by atoms with Crippen LogP contribution in [0.5, 0.6) is 0 Å². The summed E-state index contributed by atoms with van der Waals surface area (Å²) in [6.45, 7) is 0. The quantitative estimate of drug-likeness (QED) is 0.748. The summed E-state index contributed by atoms with van der Waals surface area (Å²) in [4.78, 5) is 0. The molecule has 0 aromatic rings. The van der Waals surface area contributed by atoms with Gasteiger partial charge < -0.3 is 10.2 Å². The molecule has 0 heterocycles. The van der Waals surface area contributed by atoms with Crippen molar-refractivity contribution in [2.45, 2.75) is 93.2 Å². The van der Waals surface area contributed by atoms with Gasteiger partial charge in [-0.3, -0.25) is 0 Å². The molecule has 2 fully saturated rings. The molecule has 0 saturated heterocycles. The van der Waals surface area contributed by atoms with Gasteiger partial charge >= 0.3 is 12.1 Å². The molecule has 2 N–H and O–H groups in total. The average molecular weight is 348 g/mol. The van der Waals surface area contributed by atoms with Crippen LogP contribution in [0.2, 0.25) is 0 Å². The van der Waals surface area contributed by atoms with Crippen LogP contribution in [-0.2, 0) is 0 Å². The van der Waals surface area contributed by atoms with Gasteiger partial charge in [0.2, 0.25) is 5.67 Å². The van der Waals surface area contributed by atoms with Gasteiger partial charge in [0.05, 0.1) is 0 Å². The van der Waals surface area contributed by atoms with E-state index in [4.69, 9.17) is 0 Å². The summed E-state index contributed by atoms with van der Waals surface area (Å²) in [5.74, 6) is -5.84. The maximum absolute atomic E-state index is 15.6. The molecule has 0 spiro atoms. The summed E-state index contributed by atoms with van der Waals surface area (Å²) in [6.07, 6.45) is -6.63. The molecule has 0 aromatic carbocycles. The normalized spacial score (nSPS) is 26.1. The molecule has 0 bridgehead atoms. The number of hydrogen-bond acceptors (Lipinski definition) is 2. The molecule has 23 heavy (non-hydrogen) atoms. The van der Waals surface area contributed by atoms with Crippen molar-refractivity contribution in [3.63, 3.8) is 0 Å². The molecule has 0 unspecified atom stereocenters. The molecule has 2 aliphatic carbocycles. The van der Waals surface area contributed by atoms with Crippen LogP contribution < -0.4 is 0 Å². The highest BCUT2D eigenvalue weighted by atomic mass is 19.4. The summed E-state index contributed by atoms with van der Waals surface area (Å²) in [6, 6.07) is 0. The van der Waals surface area contributed by atoms with Gasteiger partial charge in [0, 0.05) is 0 Å². The minimum atomic E-state index is -6.19. The van der Waals surface area contributed by atoms with E-state index >= 15 is 4.39 Å². The molecule has 0 radical (unpaired) electrons. The highest BCUT2D eigenvalue weighted by Gasteiger charge is 2.83. The Hall–Kier alpha value is -0.500. The molecular formula is C15H22F6O2. The molecule has 0 atom stereocenters. The fourth-order valence-corrected chi connectivity index (χ4v) is 4.18. The number of rotatable bonds is 3.